The Balaban J connectivity index is 4.54. The van der Waals surface area contributed by atoms with E-state index in [9.17, 15) is 15.0 Å². The van der Waals surface area contributed by atoms with Crippen LogP contribution in [0.2, 0.25) is 0 Å². The summed E-state index contributed by atoms with van der Waals surface area (Å²) in [5, 5.41) is 22.7. The van der Waals surface area contributed by atoms with Crippen molar-refractivity contribution in [3.8, 4) is 0 Å². The number of ether oxygens (including phenoxy) is 2. The Kier molecular flexibility index (Phi) is 7.29. The molecule has 0 aliphatic heterocycles. The van der Waals surface area contributed by atoms with Gasteiger partial charge in [0.05, 0.1) is 13.0 Å². The lowest BCUT2D eigenvalue weighted by Crippen LogP contribution is -2.59. The van der Waals surface area contributed by atoms with Crippen molar-refractivity contribution in [3.63, 3.8) is 0 Å². The standard InChI is InChI=1S/C15H31NO5/c1-13(2,3)21-11(18)8-9-16-15(6,20-7)12(19)14(4,5)10-17/h12,16-17,19H,8-10H2,1-7H3/t12-,15?/m1/s1. The van der Waals surface area contributed by atoms with Crippen molar-refractivity contribution in [2.24, 2.45) is 5.41 Å². The first-order valence-electron chi connectivity index (χ1n) is 7.19. The molecular weight excluding hydrogens is 274 g/mol. The molecule has 0 amide bonds. The van der Waals surface area contributed by atoms with Gasteiger partial charge in [-0.3, -0.25) is 10.1 Å². The summed E-state index contributed by atoms with van der Waals surface area (Å²) >= 11 is 0. The van der Waals surface area contributed by atoms with Crippen LogP contribution < -0.4 is 5.32 Å². The highest BCUT2D eigenvalue weighted by Gasteiger charge is 2.42. The lowest BCUT2D eigenvalue weighted by Gasteiger charge is -2.41. The van der Waals surface area contributed by atoms with Crippen LogP contribution in [-0.2, 0) is 14.3 Å². The van der Waals surface area contributed by atoms with E-state index < -0.39 is 22.8 Å². The molecule has 0 saturated heterocycles. The van der Waals surface area contributed by atoms with Crippen LogP contribution in [0.5, 0.6) is 0 Å². The molecule has 1 unspecified atom stereocenters. The number of aliphatic hydroxyl groups excluding tert-OH is 2. The number of aliphatic hydroxyl groups is 2. The number of methoxy groups -OCH3 is 1. The number of carbonyl (C=O) groups excluding carboxylic acids is 1. The minimum Gasteiger partial charge on any atom is -0.460 e. The third-order valence-electron chi connectivity index (χ3n) is 3.32. The summed E-state index contributed by atoms with van der Waals surface area (Å²) in [6.45, 7) is 10.7. The van der Waals surface area contributed by atoms with Crippen LogP contribution in [0.1, 0.15) is 48.0 Å². The second-order valence-corrected chi connectivity index (χ2v) is 7.12. The molecule has 21 heavy (non-hydrogen) atoms. The molecule has 0 aromatic carbocycles. The minimum absolute atomic E-state index is 0.169. The summed E-state index contributed by atoms with van der Waals surface area (Å²) in [5.74, 6) is -0.315. The van der Waals surface area contributed by atoms with E-state index in [1.165, 1.54) is 7.11 Å². The molecule has 3 N–H and O–H groups in total. The topological polar surface area (TPSA) is 88.0 Å². The fourth-order valence-corrected chi connectivity index (χ4v) is 1.92. The monoisotopic (exact) mass is 305 g/mol. The molecule has 0 fully saturated rings. The number of carbonyl (C=O) groups is 1. The Labute approximate surface area is 127 Å². The summed E-state index contributed by atoms with van der Waals surface area (Å²) < 4.78 is 10.6. The van der Waals surface area contributed by atoms with Crippen molar-refractivity contribution in [2.45, 2.75) is 65.4 Å². The van der Waals surface area contributed by atoms with Crippen molar-refractivity contribution in [2.75, 3.05) is 20.3 Å². The van der Waals surface area contributed by atoms with Gasteiger partial charge in [-0.25, -0.2) is 0 Å². The summed E-state index contributed by atoms with van der Waals surface area (Å²) in [6, 6.07) is 0. The van der Waals surface area contributed by atoms with E-state index in [1.807, 2.05) is 20.8 Å². The molecule has 0 rings (SSSR count). The highest BCUT2D eigenvalue weighted by atomic mass is 16.6. The Bertz CT molecular complexity index is 337. The maximum atomic E-state index is 11.7. The highest BCUT2D eigenvalue weighted by molar-refractivity contribution is 5.70. The van der Waals surface area contributed by atoms with Crippen molar-refractivity contribution in [1.29, 1.82) is 0 Å². The molecular formula is C15H31NO5. The van der Waals surface area contributed by atoms with Gasteiger partial charge in [0.15, 0.2) is 0 Å². The molecule has 0 aromatic heterocycles. The lowest BCUT2D eigenvalue weighted by atomic mass is 9.82. The fourth-order valence-electron chi connectivity index (χ4n) is 1.92. The van der Waals surface area contributed by atoms with Gasteiger partial charge < -0.3 is 19.7 Å². The zero-order chi connectivity index (χ0) is 16.9. The third-order valence-corrected chi connectivity index (χ3v) is 3.32. The molecule has 6 heteroatoms. The highest BCUT2D eigenvalue weighted by Crippen LogP contribution is 2.28. The fraction of sp³-hybridized carbons (Fsp3) is 0.933. The van der Waals surface area contributed by atoms with Gasteiger partial charge in [-0.2, -0.15) is 0 Å². The molecule has 0 radical (unpaired) electrons. The van der Waals surface area contributed by atoms with Gasteiger partial charge in [0.2, 0.25) is 0 Å². The zero-order valence-electron chi connectivity index (χ0n) is 14.3. The molecule has 0 spiro atoms. The van der Waals surface area contributed by atoms with Gasteiger partial charge in [0, 0.05) is 19.1 Å². The Morgan fingerprint density at radius 1 is 1.19 bits per heavy atom. The molecule has 0 bridgehead atoms. The van der Waals surface area contributed by atoms with Gasteiger partial charge >= 0.3 is 5.97 Å². The normalized spacial score (nSPS) is 17.2. The van der Waals surface area contributed by atoms with Gasteiger partial charge in [-0.15, -0.1) is 0 Å². The van der Waals surface area contributed by atoms with Crippen LogP contribution in [0.4, 0.5) is 0 Å². The molecule has 2 atom stereocenters. The maximum absolute atomic E-state index is 11.7. The number of rotatable bonds is 8. The first kappa shape index (κ1) is 20.3. The van der Waals surface area contributed by atoms with Crippen LogP contribution >= 0.6 is 0 Å². The molecule has 0 heterocycles. The van der Waals surface area contributed by atoms with Crippen LogP contribution in [0, 0.1) is 5.41 Å². The Hall–Kier alpha value is -0.690. The molecule has 6 nitrogen and oxygen atoms in total. The minimum atomic E-state index is -1.06. The van der Waals surface area contributed by atoms with E-state index >= 15 is 0 Å². The second kappa shape index (κ2) is 7.54. The van der Waals surface area contributed by atoms with E-state index in [0.717, 1.165) is 0 Å². The smallest absolute Gasteiger partial charge is 0.307 e. The molecule has 0 aliphatic rings. The average Bonchev–Trinajstić information content (AvgIpc) is 2.35. The molecule has 126 valence electrons. The van der Waals surface area contributed by atoms with E-state index in [1.54, 1.807) is 20.8 Å². The SMILES string of the molecule is COC(C)(NCCC(=O)OC(C)(C)C)[C@H](O)C(C)(C)CO. The summed E-state index contributed by atoms with van der Waals surface area (Å²) in [5.41, 5.74) is -2.31. The first-order valence-corrected chi connectivity index (χ1v) is 7.19. The van der Waals surface area contributed by atoms with Crippen LogP contribution in [0.15, 0.2) is 0 Å². The van der Waals surface area contributed by atoms with Crippen molar-refractivity contribution in [1.82, 2.24) is 5.32 Å². The number of hydrogen-bond donors (Lipinski definition) is 3. The van der Waals surface area contributed by atoms with Gasteiger partial charge in [0.1, 0.15) is 17.4 Å². The largest absolute Gasteiger partial charge is 0.460 e. The third kappa shape index (κ3) is 6.74. The molecule has 0 saturated carbocycles. The van der Waals surface area contributed by atoms with E-state index in [2.05, 4.69) is 5.32 Å². The zero-order valence-corrected chi connectivity index (χ0v) is 14.3. The quantitative estimate of drug-likeness (QED) is 0.459. The van der Waals surface area contributed by atoms with Crippen LogP contribution in [-0.4, -0.2) is 53.9 Å². The van der Waals surface area contributed by atoms with E-state index in [4.69, 9.17) is 9.47 Å². The first-order chi connectivity index (χ1) is 9.38. The number of esters is 1. The summed E-state index contributed by atoms with van der Waals surface area (Å²) in [4.78, 5) is 11.7. The van der Waals surface area contributed by atoms with Crippen LogP contribution in [0.3, 0.4) is 0 Å². The molecule has 0 aliphatic carbocycles. The van der Waals surface area contributed by atoms with Gasteiger partial charge in [0.25, 0.3) is 0 Å². The Morgan fingerprint density at radius 3 is 2.10 bits per heavy atom. The second-order valence-electron chi connectivity index (χ2n) is 7.12. The summed E-state index contributed by atoms with van der Waals surface area (Å²) in [6.07, 6.45) is -0.777. The number of nitrogens with one attached hydrogen (secondary N) is 1. The molecule has 0 aromatic rings. The predicted octanol–water partition coefficient (Wildman–Crippen LogP) is 1.05. The van der Waals surface area contributed by atoms with E-state index in [0.29, 0.717) is 6.54 Å². The lowest BCUT2D eigenvalue weighted by molar-refractivity contribution is -0.164. The number of hydrogen-bond acceptors (Lipinski definition) is 6. The van der Waals surface area contributed by atoms with Crippen molar-refractivity contribution >= 4 is 5.97 Å². The van der Waals surface area contributed by atoms with Crippen molar-refractivity contribution in [3.05, 3.63) is 0 Å². The van der Waals surface area contributed by atoms with Gasteiger partial charge in [-0.05, 0) is 27.7 Å². The summed E-state index contributed by atoms with van der Waals surface area (Å²) in [7, 11) is 1.47. The average molecular weight is 305 g/mol. The van der Waals surface area contributed by atoms with Crippen LogP contribution in [0.25, 0.3) is 0 Å². The predicted molar refractivity (Wildman–Crippen MR) is 80.8 cm³/mol. The van der Waals surface area contributed by atoms with Gasteiger partial charge in [-0.1, -0.05) is 13.8 Å². The Morgan fingerprint density at radius 2 is 1.71 bits per heavy atom. The maximum Gasteiger partial charge on any atom is 0.307 e. The van der Waals surface area contributed by atoms with Crippen molar-refractivity contribution < 1.29 is 24.5 Å². The van der Waals surface area contributed by atoms with E-state index in [-0.39, 0.29) is 19.0 Å².